The van der Waals surface area contributed by atoms with Gasteiger partial charge in [-0.3, -0.25) is 19.7 Å². The molecule has 1 aromatic rings. The second kappa shape index (κ2) is 7.88. The number of nitrogens with one attached hydrogen (secondary N) is 1. The lowest BCUT2D eigenvalue weighted by Gasteiger charge is -2.20. The number of hydrogen-bond donors (Lipinski definition) is 1. The van der Waals surface area contributed by atoms with Crippen LogP contribution in [0.2, 0.25) is 0 Å². The molecule has 1 aliphatic heterocycles. The van der Waals surface area contributed by atoms with Gasteiger partial charge in [0.2, 0.25) is 5.91 Å². The summed E-state index contributed by atoms with van der Waals surface area (Å²) < 4.78 is 0. The Hall–Kier alpha value is -1.96. The molecule has 0 aromatic carbocycles. The summed E-state index contributed by atoms with van der Waals surface area (Å²) >= 11 is 0.863. The summed E-state index contributed by atoms with van der Waals surface area (Å²) in [6.07, 6.45) is 4.40. The third-order valence-corrected chi connectivity index (χ3v) is 4.59. The van der Waals surface area contributed by atoms with Crippen LogP contribution in [0, 0.1) is 10.1 Å². The van der Waals surface area contributed by atoms with Gasteiger partial charge in [0, 0.05) is 32.1 Å². The van der Waals surface area contributed by atoms with Crippen molar-refractivity contribution >= 4 is 28.2 Å². The normalized spacial score (nSPS) is 15.5. The number of thiophene rings is 1. The van der Waals surface area contributed by atoms with Gasteiger partial charge in [-0.25, -0.2) is 0 Å². The van der Waals surface area contributed by atoms with Crippen LogP contribution < -0.4 is 5.32 Å². The molecule has 0 atom stereocenters. The summed E-state index contributed by atoms with van der Waals surface area (Å²) in [4.78, 5) is 35.9. The Balaban J connectivity index is 1.72. The molecule has 1 N–H and O–H groups in total. The van der Waals surface area contributed by atoms with E-state index in [4.69, 9.17) is 0 Å². The fraction of sp³-hybridized carbons (Fsp3) is 0.571. The van der Waals surface area contributed by atoms with Crippen LogP contribution in [-0.4, -0.2) is 41.3 Å². The van der Waals surface area contributed by atoms with Crippen molar-refractivity contribution in [3.05, 3.63) is 27.1 Å². The topological polar surface area (TPSA) is 92.6 Å². The lowest BCUT2D eigenvalue weighted by molar-refractivity contribution is -0.380. The number of carbonyl (C=O) groups is 2. The number of nitro groups is 1. The Morgan fingerprint density at radius 1 is 1.36 bits per heavy atom. The maximum Gasteiger partial charge on any atom is 0.324 e. The first-order chi connectivity index (χ1) is 10.6. The third kappa shape index (κ3) is 4.52. The first-order valence-electron chi connectivity index (χ1n) is 7.38. The molecule has 0 bridgehead atoms. The molecule has 2 amide bonds. The van der Waals surface area contributed by atoms with E-state index in [0.717, 1.165) is 37.1 Å². The molecule has 22 heavy (non-hydrogen) atoms. The highest BCUT2D eigenvalue weighted by atomic mass is 32.1. The number of rotatable bonds is 6. The van der Waals surface area contributed by atoms with Crippen LogP contribution in [0.4, 0.5) is 5.00 Å². The average molecular weight is 325 g/mol. The second-order valence-electron chi connectivity index (χ2n) is 5.20. The fourth-order valence-corrected chi connectivity index (χ4v) is 3.12. The maximum atomic E-state index is 11.8. The van der Waals surface area contributed by atoms with Gasteiger partial charge in [0.25, 0.3) is 5.91 Å². The monoisotopic (exact) mass is 325 g/mol. The van der Waals surface area contributed by atoms with Crippen LogP contribution in [0.5, 0.6) is 0 Å². The number of nitrogens with zero attached hydrogens (tertiary/aromatic N) is 2. The Kier molecular flexibility index (Phi) is 5.88. The summed E-state index contributed by atoms with van der Waals surface area (Å²) in [6, 6.07) is 2.78. The summed E-state index contributed by atoms with van der Waals surface area (Å²) in [5.74, 6) is -0.113. The number of hydrogen-bond acceptors (Lipinski definition) is 5. The van der Waals surface area contributed by atoms with E-state index in [0.29, 0.717) is 30.8 Å². The Morgan fingerprint density at radius 2 is 2.18 bits per heavy atom. The van der Waals surface area contributed by atoms with Crippen LogP contribution in [0.25, 0.3) is 0 Å². The molecule has 2 rings (SSSR count). The standard InChI is InChI=1S/C14H19N3O4S/c18-12-5-2-1-3-9-16(12)10-4-8-15-14(19)11-6-7-13(22-11)17(20)21/h6-7H,1-5,8-10H2,(H,15,19). The summed E-state index contributed by atoms with van der Waals surface area (Å²) in [6.45, 7) is 1.89. The van der Waals surface area contributed by atoms with Gasteiger partial charge in [-0.2, -0.15) is 0 Å². The van der Waals surface area contributed by atoms with Crippen molar-refractivity contribution < 1.29 is 14.5 Å². The highest BCUT2D eigenvalue weighted by Gasteiger charge is 2.17. The highest BCUT2D eigenvalue weighted by Crippen LogP contribution is 2.23. The molecule has 1 saturated heterocycles. The van der Waals surface area contributed by atoms with Gasteiger partial charge in [-0.05, 0) is 25.3 Å². The van der Waals surface area contributed by atoms with Crippen LogP contribution >= 0.6 is 11.3 Å². The van der Waals surface area contributed by atoms with Crippen molar-refractivity contribution in [2.75, 3.05) is 19.6 Å². The SMILES string of the molecule is O=C(NCCCN1CCCCCC1=O)c1ccc([N+](=O)[O-])s1. The van der Waals surface area contributed by atoms with E-state index < -0.39 is 4.92 Å². The Morgan fingerprint density at radius 3 is 2.91 bits per heavy atom. The second-order valence-corrected chi connectivity index (χ2v) is 6.26. The molecule has 0 saturated carbocycles. The van der Waals surface area contributed by atoms with Gasteiger partial charge in [-0.1, -0.05) is 17.8 Å². The minimum atomic E-state index is -0.508. The molecule has 1 aromatic heterocycles. The molecule has 2 heterocycles. The molecule has 0 aliphatic carbocycles. The van der Waals surface area contributed by atoms with Crippen LogP contribution in [0.1, 0.15) is 41.8 Å². The Labute approximate surface area is 132 Å². The third-order valence-electron chi connectivity index (χ3n) is 3.56. The smallest absolute Gasteiger partial charge is 0.324 e. The molecule has 7 nitrogen and oxygen atoms in total. The maximum absolute atomic E-state index is 11.8. The minimum absolute atomic E-state index is 0.0414. The molecular formula is C14H19N3O4S. The quantitative estimate of drug-likeness (QED) is 0.493. The van der Waals surface area contributed by atoms with Crippen LogP contribution in [0.15, 0.2) is 12.1 Å². The van der Waals surface area contributed by atoms with Gasteiger partial charge in [-0.15, -0.1) is 0 Å². The van der Waals surface area contributed by atoms with Gasteiger partial charge in [0.1, 0.15) is 0 Å². The highest BCUT2D eigenvalue weighted by molar-refractivity contribution is 7.17. The van der Waals surface area contributed by atoms with E-state index in [9.17, 15) is 19.7 Å². The van der Waals surface area contributed by atoms with E-state index in [-0.39, 0.29) is 16.8 Å². The molecule has 0 radical (unpaired) electrons. The lowest BCUT2D eigenvalue weighted by Crippen LogP contribution is -2.33. The van der Waals surface area contributed by atoms with Gasteiger partial charge >= 0.3 is 5.00 Å². The van der Waals surface area contributed by atoms with Crippen molar-refractivity contribution in [2.24, 2.45) is 0 Å². The molecule has 0 spiro atoms. The predicted molar refractivity (Wildman–Crippen MR) is 83.0 cm³/mol. The van der Waals surface area contributed by atoms with Crippen molar-refractivity contribution in [3.8, 4) is 0 Å². The number of amides is 2. The lowest BCUT2D eigenvalue weighted by atomic mass is 10.2. The van der Waals surface area contributed by atoms with Crippen molar-refractivity contribution in [2.45, 2.75) is 32.1 Å². The number of likely N-dealkylation sites (tertiary alicyclic amines) is 1. The van der Waals surface area contributed by atoms with Crippen molar-refractivity contribution in [1.29, 1.82) is 0 Å². The van der Waals surface area contributed by atoms with Crippen LogP contribution in [-0.2, 0) is 4.79 Å². The minimum Gasteiger partial charge on any atom is -0.351 e. The zero-order valence-electron chi connectivity index (χ0n) is 12.2. The van der Waals surface area contributed by atoms with E-state index >= 15 is 0 Å². The van der Waals surface area contributed by atoms with E-state index in [2.05, 4.69) is 5.32 Å². The summed E-state index contributed by atoms with van der Waals surface area (Å²) in [5.41, 5.74) is 0. The van der Waals surface area contributed by atoms with Gasteiger partial charge in [0.05, 0.1) is 9.80 Å². The fourth-order valence-electron chi connectivity index (χ4n) is 2.38. The zero-order valence-corrected chi connectivity index (χ0v) is 13.1. The molecule has 8 heteroatoms. The molecule has 120 valence electrons. The van der Waals surface area contributed by atoms with E-state index in [1.165, 1.54) is 12.1 Å². The van der Waals surface area contributed by atoms with Gasteiger partial charge in [0.15, 0.2) is 0 Å². The predicted octanol–water partition coefficient (Wildman–Crippen LogP) is 2.18. The Bertz CT molecular complexity index is 558. The van der Waals surface area contributed by atoms with Crippen molar-refractivity contribution in [3.63, 3.8) is 0 Å². The average Bonchev–Trinajstić information content (AvgIpc) is 2.90. The zero-order chi connectivity index (χ0) is 15.9. The van der Waals surface area contributed by atoms with Crippen LogP contribution in [0.3, 0.4) is 0 Å². The molecular weight excluding hydrogens is 306 g/mol. The first kappa shape index (κ1) is 16.4. The van der Waals surface area contributed by atoms with Gasteiger partial charge < -0.3 is 10.2 Å². The molecule has 0 unspecified atom stereocenters. The van der Waals surface area contributed by atoms with Crippen molar-refractivity contribution in [1.82, 2.24) is 10.2 Å². The van der Waals surface area contributed by atoms with E-state index in [1.54, 1.807) is 0 Å². The summed E-state index contributed by atoms with van der Waals surface area (Å²) in [5, 5.41) is 13.3. The largest absolute Gasteiger partial charge is 0.351 e. The molecule has 1 fully saturated rings. The molecule has 1 aliphatic rings. The first-order valence-corrected chi connectivity index (χ1v) is 8.20. The summed E-state index contributed by atoms with van der Waals surface area (Å²) in [7, 11) is 0. The van der Waals surface area contributed by atoms with E-state index in [1.807, 2.05) is 4.90 Å². The number of carbonyl (C=O) groups excluding carboxylic acids is 2.